The van der Waals surface area contributed by atoms with Gasteiger partial charge in [-0.15, -0.1) is 11.6 Å². The van der Waals surface area contributed by atoms with Crippen molar-refractivity contribution in [3.63, 3.8) is 0 Å². The van der Waals surface area contributed by atoms with Gasteiger partial charge < -0.3 is 10.1 Å². The molecule has 0 radical (unpaired) electrons. The summed E-state index contributed by atoms with van der Waals surface area (Å²) in [6.07, 6.45) is 2.50. The number of halogens is 1. The Kier molecular flexibility index (Phi) is 5.40. The standard InChI is InChI=1S/C11H20ClNO2/c1-8(12)7-9(2)13-11(14)10-3-5-15-6-4-10/h8-10H,3-7H2,1-2H3,(H,13,14). The highest BCUT2D eigenvalue weighted by Crippen LogP contribution is 2.15. The van der Waals surface area contributed by atoms with Gasteiger partial charge in [0.2, 0.25) is 5.91 Å². The maximum Gasteiger partial charge on any atom is 0.223 e. The Balaban J connectivity index is 2.27. The van der Waals surface area contributed by atoms with Crippen LogP contribution in [0.1, 0.15) is 33.1 Å². The van der Waals surface area contributed by atoms with Crippen LogP contribution >= 0.6 is 11.6 Å². The molecule has 0 aromatic carbocycles. The molecule has 88 valence electrons. The van der Waals surface area contributed by atoms with Crippen LogP contribution in [0.3, 0.4) is 0 Å². The summed E-state index contributed by atoms with van der Waals surface area (Å²) in [5.41, 5.74) is 0. The Labute approximate surface area is 96.5 Å². The van der Waals surface area contributed by atoms with Crippen LogP contribution in [0.4, 0.5) is 0 Å². The topological polar surface area (TPSA) is 38.3 Å². The van der Waals surface area contributed by atoms with E-state index in [9.17, 15) is 4.79 Å². The normalized spacial score (nSPS) is 22.1. The van der Waals surface area contributed by atoms with Crippen molar-refractivity contribution in [3.05, 3.63) is 0 Å². The quantitative estimate of drug-likeness (QED) is 0.754. The predicted molar refractivity (Wildman–Crippen MR) is 61.1 cm³/mol. The van der Waals surface area contributed by atoms with Crippen molar-refractivity contribution >= 4 is 17.5 Å². The number of hydrogen-bond acceptors (Lipinski definition) is 2. The van der Waals surface area contributed by atoms with E-state index in [0.717, 1.165) is 19.3 Å². The first-order valence-corrected chi connectivity index (χ1v) is 6.05. The molecule has 1 aliphatic heterocycles. The molecule has 1 fully saturated rings. The molecule has 0 saturated carbocycles. The van der Waals surface area contributed by atoms with E-state index in [0.29, 0.717) is 13.2 Å². The molecule has 0 bridgehead atoms. The third-order valence-electron chi connectivity index (χ3n) is 2.66. The minimum absolute atomic E-state index is 0.106. The van der Waals surface area contributed by atoms with Crippen molar-refractivity contribution in [1.29, 1.82) is 0 Å². The van der Waals surface area contributed by atoms with Crippen LogP contribution in [0.15, 0.2) is 0 Å². The van der Waals surface area contributed by atoms with Crippen LogP contribution < -0.4 is 5.32 Å². The van der Waals surface area contributed by atoms with Gasteiger partial charge in [0.05, 0.1) is 0 Å². The van der Waals surface area contributed by atoms with E-state index in [4.69, 9.17) is 16.3 Å². The van der Waals surface area contributed by atoms with Gasteiger partial charge in [-0.3, -0.25) is 4.79 Å². The Morgan fingerprint density at radius 3 is 2.60 bits per heavy atom. The minimum Gasteiger partial charge on any atom is -0.381 e. The first-order valence-electron chi connectivity index (χ1n) is 5.61. The van der Waals surface area contributed by atoms with Crippen molar-refractivity contribution in [3.8, 4) is 0 Å². The molecule has 0 spiro atoms. The molecule has 1 N–H and O–H groups in total. The summed E-state index contributed by atoms with van der Waals surface area (Å²) in [4.78, 5) is 11.8. The molecule has 4 heteroatoms. The van der Waals surface area contributed by atoms with Gasteiger partial charge in [0.15, 0.2) is 0 Å². The molecule has 1 heterocycles. The van der Waals surface area contributed by atoms with E-state index in [1.807, 2.05) is 13.8 Å². The van der Waals surface area contributed by atoms with E-state index in [1.54, 1.807) is 0 Å². The molecule has 1 rings (SSSR count). The average molecular weight is 234 g/mol. The number of hydrogen-bond donors (Lipinski definition) is 1. The van der Waals surface area contributed by atoms with Gasteiger partial charge in [-0.05, 0) is 33.1 Å². The predicted octanol–water partition coefficient (Wildman–Crippen LogP) is 1.94. The van der Waals surface area contributed by atoms with E-state index in [2.05, 4.69) is 5.32 Å². The van der Waals surface area contributed by atoms with Gasteiger partial charge >= 0.3 is 0 Å². The molecule has 1 saturated heterocycles. The number of carbonyl (C=O) groups excluding carboxylic acids is 1. The second-order valence-corrected chi connectivity index (χ2v) is 5.06. The van der Waals surface area contributed by atoms with E-state index in [-0.39, 0.29) is 23.2 Å². The summed E-state index contributed by atoms with van der Waals surface area (Å²) < 4.78 is 5.22. The number of alkyl halides is 1. The maximum atomic E-state index is 11.8. The van der Waals surface area contributed by atoms with Crippen LogP contribution in [0.5, 0.6) is 0 Å². The van der Waals surface area contributed by atoms with Gasteiger partial charge in [0.25, 0.3) is 0 Å². The summed E-state index contributed by atoms with van der Waals surface area (Å²) in [6, 6.07) is 0.160. The molecular formula is C11H20ClNO2. The van der Waals surface area contributed by atoms with Crippen molar-refractivity contribution in [2.45, 2.75) is 44.5 Å². The lowest BCUT2D eigenvalue weighted by Gasteiger charge is -2.23. The van der Waals surface area contributed by atoms with E-state index >= 15 is 0 Å². The lowest BCUT2D eigenvalue weighted by molar-refractivity contribution is -0.128. The molecule has 0 aromatic heterocycles. The first kappa shape index (κ1) is 12.8. The van der Waals surface area contributed by atoms with Crippen LogP contribution in [-0.2, 0) is 9.53 Å². The third kappa shape index (κ3) is 4.85. The Morgan fingerprint density at radius 1 is 1.47 bits per heavy atom. The minimum atomic E-state index is 0.106. The summed E-state index contributed by atoms with van der Waals surface area (Å²) in [5, 5.41) is 3.11. The SMILES string of the molecule is CC(Cl)CC(C)NC(=O)C1CCOCC1. The fourth-order valence-corrected chi connectivity index (χ4v) is 2.13. The number of nitrogens with one attached hydrogen (secondary N) is 1. The molecule has 1 amide bonds. The van der Waals surface area contributed by atoms with Crippen molar-refractivity contribution in [2.24, 2.45) is 5.92 Å². The Morgan fingerprint density at radius 2 is 2.07 bits per heavy atom. The van der Waals surface area contributed by atoms with Gasteiger partial charge in [-0.25, -0.2) is 0 Å². The number of rotatable bonds is 4. The number of carbonyl (C=O) groups is 1. The molecule has 0 aliphatic carbocycles. The zero-order valence-electron chi connectivity index (χ0n) is 9.46. The number of amides is 1. The third-order valence-corrected chi connectivity index (χ3v) is 2.84. The first-order chi connectivity index (χ1) is 7.09. The van der Waals surface area contributed by atoms with Crippen molar-refractivity contribution < 1.29 is 9.53 Å². The zero-order chi connectivity index (χ0) is 11.3. The molecule has 2 atom stereocenters. The molecular weight excluding hydrogens is 214 g/mol. The van der Waals surface area contributed by atoms with Gasteiger partial charge in [0, 0.05) is 30.6 Å². The smallest absolute Gasteiger partial charge is 0.223 e. The van der Waals surface area contributed by atoms with E-state index in [1.165, 1.54) is 0 Å². The highest BCUT2D eigenvalue weighted by molar-refractivity contribution is 6.20. The zero-order valence-corrected chi connectivity index (χ0v) is 10.2. The molecule has 3 nitrogen and oxygen atoms in total. The monoisotopic (exact) mass is 233 g/mol. The Bertz CT molecular complexity index is 203. The van der Waals surface area contributed by atoms with Crippen LogP contribution in [0.2, 0.25) is 0 Å². The largest absolute Gasteiger partial charge is 0.381 e. The molecule has 0 aromatic rings. The van der Waals surface area contributed by atoms with Gasteiger partial charge in [0.1, 0.15) is 0 Å². The van der Waals surface area contributed by atoms with Crippen molar-refractivity contribution in [1.82, 2.24) is 5.32 Å². The fraction of sp³-hybridized carbons (Fsp3) is 0.909. The lowest BCUT2D eigenvalue weighted by Crippen LogP contribution is -2.40. The second kappa shape index (κ2) is 6.33. The number of ether oxygens (including phenoxy) is 1. The molecule has 2 unspecified atom stereocenters. The van der Waals surface area contributed by atoms with E-state index < -0.39 is 0 Å². The highest BCUT2D eigenvalue weighted by atomic mass is 35.5. The average Bonchev–Trinajstić information content (AvgIpc) is 2.17. The van der Waals surface area contributed by atoms with Crippen molar-refractivity contribution in [2.75, 3.05) is 13.2 Å². The van der Waals surface area contributed by atoms with Crippen LogP contribution in [-0.4, -0.2) is 30.5 Å². The van der Waals surface area contributed by atoms with Gasteiger partial charge in [-0.1, -0.05) is 0 Å². The van der Waals surface area contributed by atoms with Crippen LogP contribution in [0.25, 0.3) is 0 Å². The molecule has 15 heavy (non-hydrogen) atoms. The fourth-order valence-electron chi connectivity index (χ4n) is 1.87. The highest BCUT2D eigenvalue weighted by Gasteiger charge is 2.22. The maximum absolute atomic E-state index is 11.8. The summed E-state index contributed by atoms with van der Waals surface area (Å²) in [5.74, 6) is 0.287. The Hall–Kier alpha value is -0.280. The summed E-state index contributed by atoms with van der Waals surface area (Å²) >= 11 is 5.87. The summed E-state index contributed by atoms with van der Waals surface area (Å²) in [6.45, 7) is 5.35. The summed E-state index contributed by atoms with van der Waals surface area (Å²) in [7, 11) is 0. The second-order valence-electron chi connectivity index (χ2n) is 4.31. The van der Waals surface area contributed by atoms with Gasteiger partial charge in [-0.2, -0.15) is 0 Å². The lowest BCUT2D eigenvalue weighted by atomic mass is 9.99. The van der Waals surface area contributed by atoms with Crippen LogP contribution in [0, 0.1) is 5.92 Å². The molecule has 1 aliphatic rings.